The average Bonchev–Trinajstić information content (AvgIpc) is 2.26. The number of thiocarbonyl (C=S) groups is 1. The molecule has 0 aromatic carbocycles. The molecular formula is C13H20O2S2. The summed E-state index contributed by atoms with van der Waals surface area (Å²) in [6.07, 6.45) is 7.14. The minimum Gasteiger partial charge on any atom is -0.223 e. The zero-order chi connectivity index (χ0) is 12.3. The normalized spacial score (nSPS) is 43.9. The van der Waals surface area contributed by atoms with Gasteiger partial charge in [-0.3, -0.25) is 0 Å². The lowest BCUT2D eigenvalue weighted by Crippen LogP contribution is -2.51. The molecule has 0 atom stereocenters. The summed E-state index contributed by atoms with van der Waals surface area (Å²) in [7, 11) is -3.13. The van der Waals surface area contributed by atoms with Gasteiger partial charge in [-0.1, -0.05) is 19.1 Å². The number of hydrogen-bond acceptors (Lipinski definition) is 3. The van der Waals surface area contributed by atoms with Crippen LogP contribution in [0.25, 0.3) is 0 Å². The van der Waals surface area contributed by atoms with E-state index in [1.54, 1.807) is 6.92 Å². The summed E-state index contributed by atoms with van der Waals surface area (Å²) < 4.78 is 24.6. The third-order valence-electron chi connectivity index (χ3n) is 5.13. The van der Waals surface area contributed by atoms with Crippen molar-refractivity contribution in [1.29, 1.82) is 0 Å². The fourth-order valence-electron chi connectivity index (χ4n) is 4.82. The third-order valence-corrected chi connectivity index (χ3v) is 8.09. The molecule has 0 N–H and O–H groups in total. The molecule has 0 saturated heterocycles. The molecule has 0 aromatic rings. The molecule has 0 amide bonds. The summed E-state index contributed by atoms with van der Waals surface area (Å²) in [5, 5.41) is 0. The van der Waals surface area contributed by atoms with Crippen LogP contribution in [0.4, 0.5) is 0 Å². The number of rotatable bonds is 2. The van der Waals surface area contributed by atoms with Crippen LogP contribution in [0, 0.1) is 23.2 Å². The molecule has 0 unspecified atom stereocenters. The highest BCUT2D eigenvalue weighted by atomic mass is 32.2. The predicted molar refractivity (Wildman–Crippen MR) is 72.7 cm³/mol. The fraction of sp³-hybridized carbons (Fsp3) is 0.923. The lowest BCUT2D eigenvalue weighted by molar-refractivity contribution is -0.00962. The van der Waals surface area contributed by atoms with Crippen molar-refractivity contribution in [3.63, 3.8) is 0 Å². The van der Waals surface area contributed by atoms with Crippen LogP contribution >= 0.6 is 12.2 Å². The lowest BCUT2D eigenvalue weighted by atomic mass is 9.50. The minimum atomic E-state index is -3.13. The monoisotopic (exact) mass is 272 g/mol. The second-order valence-corrected chi connectivity index (χ2v) is 9.27. The van der Waals surface area contributed by atoms with Crippen LogP contribution in [0.15, 0.2) is 0 Å². The molecule has 2 nitrogen and oxygen atoms in total. The van der Waals surface area contributed by atoms with Crippen molar-refractivity contribution < 1.29 is 8.42 Å². The van der Waals surface area contributed by atoms with E-state index >= 15 is 0 Å². The second kappa shape index (κ2) is 3.77. The highest BCUT2D eigenvalue weighted by Crippen LogP contribution is 2.61. The first kappa shape index (κ1) is 12.1. The Morgan fingerprint density at radius 3 is 1.88 bits per heavy atom. The van der Waals surface area contributed by atoms with Gasteiger partial charge in [0.05, 0.1) is 5.75 Å². The highest BCUT2D eigenvalue weighted by molar-refractivity contribution is 8.17. The lowest BCUT2D eigenvalue weighted by Gasteiger charge is -2.56. The SMILES string of the molecule is CCS(=O)(=O)C(=S)C12CC3CC(CC(C3)C1)C2. The molecule has 96 valence electrons. The Kier molecular flexibility index (Phi) is 2.68. The van der Waals surface area contributed by atoms with Gasteiger partial charge in [0.2, 0.25) is 0 Å². The van der Waals surface area contributed by atoms with E-state index < -0.39 is 9.84 Å². The van der Waals surface area contributed by atoms with Crippen molar-refractivity contribution in [2.45, 2.75) is 45.4 Å². The Labute approximate surface area is 109 Å². The predicted octanol–water partition coefficient (Wildman–Crippen LogP) is 2.96. The van der Waals surface area contributed by atoms with Crippen molar-refractivity contribution in [2.24, 2.45) is 23.2 Å². The van der Waals surface area contributed by atoms with Crippen molar-refractivity contribution in [1.82, 2.24) is 0 Å². The number of hydrogen-bond donors (Lipinski definition) is 0. The van der Waals surface area contributed by atoms with Crippen molar-refractivity contribution in [3.05, 3.63) is 0 Å². The van der Waals surface area contributed by atoms with Gasteiger partial charge in [0.1, 0.15) is 4.20 Å². The molecule has 4 rings (SSSR count). The van der Waals surface area contributed by atoms with Gasteiger partial charge in [-0.25, -0.2) is 8.42 Å². The molecule has 0 spiro atoms. The Morgan fingerprint density at radius 1 is 1.12 bits per heavy atom. The van der Waals surface area contributed by atoms with Gasteiger partial charge in [0.15, 0.2) is 9.84 Å². The quantitative estimate of drug-likeness (QED) is 0.725. The largest absolute Gasteiger partial charge is 0.223 e. The highest BCUT2D eigenvalue weighted by Gasteiger charge is 2.54. The van der Waals surface area contributed by atoms with Crippen molar-refractivity contribution >= 4 is 26.3 Å². The molecule has 4 bridgehead atoms. The first-order valence-electron chi connectivity index (χ1n) is 6.72. The molecule has 17 heavy (non-hydrogen) atoms. The Balaban J connectivity index is 1.95. The molecule has 4 fully saturated rings. The van der Waals surface area contributed by atoms with Crippen LogP contribution in [0.1, 0.15) is 45.4 Å². The summed E-state index contributed by atoms with van der Waals surface area (Å²) in [5.74, 6) is 2.44. The summed E-state index contributed by atoms with van der Waals surface area (Å²) in [5.41, 5.74) is -0.112. The molecule has 0 aromatic heterocycles. The number of sulfone groups is 1. The summed E-state index contributed by atoms with van der Waals surface area (Å²) >= 11 is 5.39. The van der Waals surface area contributed by atoms with Gasteiger partial charge >= 0.3 is 0 Å². The van der Waals surface area contributed by atoms with Crippen LogP contribution in [0.3, 0.4) is 0 Å². The van der Waals surface area contributed by atoms with E-state index in [2.05, 4.69) is 0 Å². The van der Waals surface area contributed by atoms with Gasteiger partial charge in [-0.15, -0.1) is 0 Å². The maximum absolute atomic E-state index is 12.1. The minimum absolute atomic E-state index is 0.112. The summed E-state index contributed by atoms with van der Waals surface area (Å²) in [4.78, 5) is 0. The Morgan fingerprint density at radius 2 is 1.53 bits per heavy atom. The first-order chi connectivity index (χ1) is 7.95. The maximum Gasteiger partial charge on any atom is 0.184 e. The van der Waals surface area contributed by atoms with Crippen molar-refractivity contribution in [3.8, 4) is 0 Å². The maximum atomic E-state index is 12.1. The smallest absolute Gasteiger partial charge is 0.184 e. The van der Waals surface area contributed by atoms with Gasteiger partial charge in [-0.05, 0) is 56.3 Å². The fourth-order valence-corrected chi connectivity index (χ4v) is 6.60. The van der Waals surface area contributed by atoms with Gasteiger partial charge in [0, 0.05) is 5.41 Å². The van der Waals surface area contributed by atoms with Crippen molar-refractivity contribution in [2.75, 3.05) is 5.75 Å². The van der Waals surface area contributed by atoms with E-state index in [0.717, 1.165) is 37.0 Å². The Bertz CT molecular complexity index is 415. The van der Waals surface area contributed by atoms with Crippen LogP contribution in [-0.4, -0.2) is 18.4 Å². The molecule has 0 radical (unpaired) electrons. The molecule has 4 heteroatoms. The van der Waals surface area contributed by atoms with E-state index in [-0.39, 0.29) is 11.2 Å². The zero-order valence-electron chi connectivity index (χ0n) is 10.3. The third kappa shape index (κ3) is 1.79. The molecule has 4 aliphatic carbocycles. The molecule has 4 saturated carbocycles. The molecule has 4 aliphatic rings. The zero-order valence-corrected chi connectivity index (χ0v) is 11.9. The van der Waals surface area contributed by atoms with Gasteiger partial charge in [0.25, 0.3) is 0 Å². The summed E-state index contributed by atoms with van der Waals surface area (Å²) in [6, 6.07) is 0. The first-order valence-corrected chi connectivity index (χ1v) is 8.78. The molecule has 0 heterocycles. The van der Waals surface area contributed by atoms with Crippen LogP contribution in [0.2, 0.25) is 0 Å². The van der Waals surface area contributed by atoms with Crippen LogP contribution < -0.4 is 0 Å². The van der Waals surface area contributed by atoms with E-state index in [1.807, 2.05) is 0 Å². The topological polar surface area (TPSA) is 34.1 Å². The molecule has 0 aliphatic heterocycles. The van der Waals surface area contributed by atoms with Crippen LogP contribution in [0.5, 0.6) is 0 Å². The van der Waals surface area contributed by atoms with Gasteiger partial charge < -0.3 is 0 Å². The molecular weight excluding hydrogens is 252 g/mol. The van der Waals surface area contributed by atoms with Crippen LogP contribution in [-0.2, 0) is 9.84 Å². The van der Waals surface area contributed by atoms with Gasteiger partial charge in [-0.2, -0.15) is 0 Å². The summed E-state index contributed by atoms with van der Waals surface area (Å²) in [6.45, 7) is 1.71. The second-order valence-electron chi connectivity index (χ2n) is 6.39. The standard InChI is InChI=1S/C13H20O2S2/c1-2-17(14,15)12(16)13-6-9-3-10(7-13)5-11(4-9)8-13/h9-11H,2-8H2,1H3. The van der Waals surface area contributed by atoms with E-state index in [4.69, 9.17) is 12.2 Å². The Hall–Kier alpha value is 0.0400. The van der Waals surface area contributed by atoms with E-state index in [9.17, 15) is 8.42 Å². The van der Waals surface area contributed by atoms with E-state index in [0.29, 0.717) is 4.20 Å². The average molecular weight is 272 g/mol. The van der Waals surface area contributed by atoms with E-state index in [1.165, 1.54) is 19.3 Å².